The molecule has 4 heteroatoms. The average molecular weight is 178 g/mol. The number of ether oxygens (including phenoxy) is 2. The Hall–Kier alpha value is -0.160. The van der Waals surface area contributed by atoms with Gasteiger partial charge in [0.25, 0.3) is 0 Å². The minimum Gasteiger partial charge on any atom is -0.394 e. The fraction of sp³-hybridized carbons (Fsp3) is 1.00. The number of unbranched alkanes of at least 4 members (excludes halogenated alkanes) is 1. The van der Waals surface area contributed by atoms with Gasteiger partial charge in [0.15, 0.2) is 6.29 Å². The lowest BCUT2D eigenvalue weighted by Crippen LogP contribution is -2.20. The maximum absolute atomic E-state index is 9.07. The second-order valence-electron chi connectivity index (χ2n) is 2.48. The molecule has 0 aromatic rings. The van der Waals surface area contributed by atoms with Gasteiger partial charge in [0.05, 0.1) is 19.8 Å². The number of rotatable bonds is 8. The van der Waals surface area contributed by atoms with Crippen molar-refractivity contribution in [2.24, 2.45) is 0 Å². The first kappa shape index (κ1) is 11.8. The van der Waals surface area contributed by atoms with E-state index in [-0.39, 0.29) is 19.8 Å². The van der Waals surface area contributed by atoms with Gasteiger partial charge in [-0.3, -0.25) is 0 Å². The van der Waals surface area contributed by atoms with Crippen molar-refractivity contribution in [2.75, 3.05) is 26.4 Å². The summed E-state index contributed by atoms with van der Waals surface area (Å²) in [4.78, 5) is 0. The summed E-state index contributed by atoms with van der Waals surface area (Å²) in [5, 5.41) is 17.4. The topological polar surface area (TPSA) is 58.9 Å². The van der Waals surface area contributed by atoms with Gasteiger partial charge in [-0.1, -0.05) is 13.3 Å². The fourth-order valence-corrected chi connectivity index (χ4v) is 0.661. The summed E-state index contributed by atoms with van der Waals surface area (Å²) < 4.78 is 9.83. The number of aliphatic hydroxyl groups excluding tert-OH is 2. The summed E-state index contributed by atoms with van der Waals surface area (Å²) in [6, 6.07) is 0. The molecule has 0 radical (unpaired) electrons. The molecule has 0 rings (SSSR count). The third kappa shape index (κ3) is 7.94. The first-order valence-corrected chi connectivity index (χ1v) is 4.29. The zero-order valence-corrected chi connectivity index (χ0v) is 7.53. The molecule has 0 aromatic carbocycles. The Labute approximate surface area is 73.1 Å². The third-order valence-corrected chi connectivity index (χ3v) is 1.30. The van der Waals surface area contributed by atoms with Crippen molar-refractivity contribution in [3.63, 3.8) is 0 Å². The van der Waals surface area contributed by atoms with Crippen LogP contribution in [0.5, 0.6) is 0 Å². The van der Waals surface area contributed by atoms with Crippen LogP contribution in [-0.2, 0) is 9.47 Å². The van der Waals surface area contributed by atoms with Crippen LogP contribution in [0.1, 0.15) is 19.8 Å². The van der Waals surface area contributed by atoms with E-state index in [1.165, 1.54) is 0 Å². The summed E-state index contributed by atoms with van der Waals surface area (Å²) in [7, 11) is 0. The molecule has 0 fully saturated rings. The van der Waals surface area contributed by atoms with Crippen LogP contribution in [0, 0.1) is 0 Å². The Morgan fingerprint density at radius 2 is 2.08 bits per heavy atom. The molecule has 0 heterocycles. The molecule has 0 spiro atoms. The largest absolute Gasteiger partial charge is 0.394 e. The maximum Gasteiger partial charge on any atom is 0.178 e. The Morgan fingerprint density at radius 1 is 1.33 bits per heavy atom. The zero-order valence-electron chi connectivity index (χ0n) is 7.53. The van der Waals surface area contributed by atoms with Crippen LogP contribution in [0.15, 0.2) is 0 Å². The zero-order chi connectivity index (χ0) is 9.23. The Kier molecular flexibility index (Phi) is 8.81. The van der Waals surface area contributed by atoms with Crippen molar-refractivity contribution in [3.05, 3.63) is 0 Å². The van der Waals surface area contributed by atoms with Gasteiger partial charge < -0.3 is 19.7 Å². The monoisotopic (exact) mass is 178 g/mol. The second kappa shape index (κ2) is 8.93. The number of aliphatic hydroxyl groups is 2. The highest BCUT2D eigenvalue weighted by atomic mass is 16.6. The predicted octanol–water partition coefficient (Wildman–Crippen LogP) is 0.130. The molecule has 0 aliphatic heterocycles. The van der Waals surface area contributed by atoms with Gasteiger partial charge in [-0.25, -0.2) is 0 Å². The number of hydrogen-bond donors (Lipinski definition) is 2. The van der Waals surface area contributed by atoms with Crippen molar-refractivity contribution in [1.82, 2.24) is 0 Å². The van der Waals surface area contributed by atoms with Crippen LogP contribution in [0.4, 0.5) is 0 Å². The smallest absolute Gasteiger partial charge is 0.178 e. The molecule has 4 nitrogen and oxygen atoms in total. The first-order chi connectivity index (χ1) is 5.81. The van der Waals surface area contributed by atoms with Gasteiger partial charge in [0.2, 0.25) is 0 Å². The first-order valence-electron chi connectivity index (χ1n) is 4.29. The van der Waals surface area contributed by atoms with Gasteiger partial charge in [-0.05, 0) is 6.42 Å². The van der Waals surface area contributed by atoms with Gasteiger partial charge >= 0.3 is 0 Å². The highest BCUT2D eigenvalue weighted by Gasteiger charge is 2.02. The van der Waals surface area contributed by atoms with Crippen LogP contribution in [-0.4, -0.2) is 42.9 Å². The van der Waals surface area contributed by atoms with Crippen LogP contribution < -0.4 is 0 Å². The molecule has 0 aromatic heterocycles. The molecule has 2 N–H and O–H groups in total. The minimum atomic E-state index is -0.858. The lowest BCUT2D eigenvalue weighted by atomic mass is 10.4. The predicted molar refractivity (Wildman–Crippen MR) is 44.8 cm³/mol. The minimum absolute atomic E-state index is 0.0261. The fourth-order valence-electron chi connectivity index (χ4n) is 0.661. The molecular weight excluding hydrogens is 160 g/mol. The molecule has 0 aliphatic rings. The van der Waals surface area contributed by atoms with E-state index >= 15 is 0 Å². The van der Waals surface area contributed by atoms with E-state index in [2.05, 4.69) is 6.92 Å². The Morgan fingerprint density at radius 3 is 2.67 bits per heavy atom. The van der Waals surface area contributed by atoms with Crippen LogP contribution in [0.3, 0.4) is 0 Å². The molecule has 0 aliphatic carbocycles. The van der Waals surface area contributed by atoms with E-state index in [4.69, 9.17) is 19.7 Å². The van der Waals surface area contributed by atoms with Gasteiger partial charge in [-0.15, -0.1) is 0 Å². The van der Waals surface area contributed by atoms with Crippen molar-refractivity contribution in [1.29, 1.82) is 0 Å². The standard InChI is InChI=1S/C8H18O4/c1-2-3-5-12-8(10)7-11-6-4-9/h8-10H,2-7H2,1H3. The molecule has 74 valence electrons. The van der Waals surface area contributed by atoms with E-state index in [9.17, 15) is 0 Å². The lowest BCUT2D eigenvalue weighted by Gasteiger charge is -2.11. The Bertz CT molecular complexity index is 77.1. The quantitative estimate of drug-likeness (QED) is 0.410. The summed E-state index contributed by atoms with van der Waals surface area (Å²) >= 11 is 0. The van der Waals surface area contributed by atoms with E-state index in [0.717, 1.165) is 12.8 Å². The van der Waals surface area contributed by atoms with Crippen molar-refractivity contribution >= 4 is 0 Å². The van der Waals surface area contributed by atoms with Gasteiger partial charge in [0.1, 0.15) is 0 Å². The van der Waals surface area contributed by atoms with E-state index < -0.39 is 6.29 Å². The van der Waals surface area contributed by atoms with E-state index in [1.807, 2.05) is 0 Å². The van der Waals surface area contributed by atoms with E-state index in [1.54, 1.807) is 0 Å². The molecule has 0 saturated carbocycles. The van der Waals surface area contributed by atoms with Gasteiger partial charge in [0, 0.05) is 6.61 Å². The average Bonchev–Trinajstić information content (AvgIpc) is 2.06. The molecular formula is C8H18O4. The Balaban J connectivity index is 3.04. The lowest BCUT2D eigenvalue weighted by molar-refractivity contribution is -0.139. The second-order valence-corrected chi connectivity index (χ2v) is 2.48. The highest BCUT2D eigenvalue weighted by Crippen LogP contribution is 1.93. The molecule has 12 heavy (non-hydrogen) atoms. The molecule has 1 atom stereocenters. The maximum atomic E-state index is 9.07. The van der Waals surface area contributed by atoms with Crippen LogP contribution >= 0.6 is 0 Å². The van der Waals surface area contributed by atoms with Crippen molar-refractivity contribution in [2.45, 2.75) is 26.1 Å². The highest BCUT2D eigenvalue weighted by molar-refractivity contribution is 4.39. The molecule has 1 unspecified atom stereocenters. The van der Waals surface area contributed by atoms with Gasteiger partial charge in [-0.2, -0.15) is 0 Å². The number of hydrogen-bond acceptors (Lipinski definition) is 4. The normalized spacial score (nSPS) is 13.2. The van der Waals surface area contributed by atoms with Crippen LogP contribution in [0.25, 0.3) is 0 Å². The van der Waals surface area contributed by atoms with Crippen molar-refractivity contribution in [3.8, 4) is 0 Å². The van der Waals surface area contributed by atoms with Crippen molar-refractivity contribution < 1.29 is 19.7 Å². The summed E-state index contributed by atoms with van der Waals surface area (Å²) in [5.41, 5.74) is 0. The SMILES string of the molecule is CCCCOC(O)COCCO. The summed E-state index contributed by atoms with van der Waals surface area (Å²) in [6.45, 7) is 2.96. The third-order valence-electron chi connectivity index (χ3n) is 1.30. The molecule has 0 saturated heterocycles. The summed E-state index contributed by atoms with van der Waals surface area (Å²) in [6.07, 6.45) is 1.13. The van der Waals surface area contributed by atoms with Crippen LogP contribution in [0.2, 0.25) is 0 Å². The summed E-state index contributed by atoms with van der Waals surface area (Å²) in [5.74, 6) is 0. The van der Waals surface area contributed by atoms with E-state index in [0.29, 0.717) is 6.61 Å². The molecule has 0 bridgehead atoms. The molecule has 0 amide bonds.